The fraction of sp³-hybridized carbons (Fsp3) is 0.250. The van der Waals surface area contributed by atoms with Gasteiger partial charge in [0.1, 0.15) is 0 Å². The van der Waals surface area contributed by atoms with E-state index in [-0.39, 0.29) is 23.0 Å². The van der Waals surface area contributed by atoms with E-state index in [1.807, 2.05) is 18.2 Å². The second kappa shape index (κ2) is 8.18. The Balaban J connectivity index is 1.58. The van der Waals surface area contributed by atoms with Crippen LogP contribution in [0.1, 0.15) is 18.4 Å². The molecule has 0 aliphatic carbocycles. The first kappa shape index (κ1) is 18.9. The van der Waals surface area contributed by atoms with Crippen molar-refractivity contribution in [1.82, 2.24) is 4.90 Å². The monoisotopic (exact) mass is 433 g/mol. The van der Waals surface area contributed by atoms with Crippen molar-refractivity contribution < 1.29 is 13.2 Å². The molecule has 6 heteroatoms. The highest BCUT2D eigenvalue weighted by atomic mass is 79.9. The van der Waals surface area contributed by atoms with E-state index >= 15 is 0 Å². The highest BCUT2D eigenvalue weighted by Gasteiger charge is 2.21. The first-order valence-electron chi connectivity index (χ1n) is 8.46. The molecule has 1 aliphatic rings. The molecule has 136 valence electrons. The van der Waals surface area contributed by atoms with E-state index in [0.29, 0.717) is 13.1 Å². The van der Waals surface area contributed by atoms with Crippen molar-refractivity contribution in [2.24, 2.45) is 0 Å². The molecule has 0 N–H and O–H groups in total. The summed E-state index contributed by atoms with van der Waals surface area (Å²) < 4.78 is 25.6. The van der Waals surface area contributed by atoms with Gasteiger partial charge in [-0.05, 0) is 41.8 Å². The van der Waals surface area contributed by atoms with E-state index in [1.165, 1.54) is 11.1 Å². The molecule has 4 nitrogen and oxygen atoms in total. The molecule has 0 radical (unpaired) electrons. The molecule has 0 bridgehead atoms. The first-order valence-corrected chi connectivity index (χ1v) is 10.9. The van der Waals surface area contributed by atoms with Crippen LogP contribution in [0.2, 0.25) is 0 Å². The molecule has 0 fully saturated rings. The smallest absolute Gasteiger partial charge is 0.223 e. The lowest BCUT2D eigenvalue weighted by molar-refractivity contribution is -0.130. The molecular weight excluding hydrogens is 414 g/mol. The third-order valence-corrected chi connectivity index (χ3v) is 6.72. The van der Waals surface area contributed by atoms with Gasteiger partial charge in [0.2, 0.25) is 5.91 Å². The Labute approximate surface area is 162 Å². The number of rotatable bonds is 5. The fourth-order valence-corrected chi connectivity index (χ4v) is 4.44. The number of carbonyl (C=O) groups excluding carboxylic acids is 1. The third kappa shape index (κ3) is 4.62. The van der Waals surface area contributed by atoms with Gasteiger partial charge in [0.25, 0.3) is 0 Å². The molecule has 26 heavy (non-hydrogen) atoms. The molecule has 1 amide bonds. The Kier molecular flexibility index (Phi) is 5.94. The van der Waals surface area contributed by atoms with Gasteiger partial charge in [-0.2, -0.15) is 0 Å². The maximum Gasteiger partial charge on any atom is 0.223 e. The van der Waals surface area contributed by atoms with E-state index in [4.69, 9.17) is 0 Å². The SMILES string of the molecule is O=C(CCS(=O)(=O)c1ccc(Br)cc1)N1CC=C(c2ccccc2)CC1. The maximum atomic E-state index is 12.4. The largest absolute Gasteiger partial charge is 0.339 e. The number of nitrogens with zero attached hydrogens (tertiary/aromatic N) is 1. The van der Waals surface area contributed by atoms with Crippen LogP contribution in [0.4, 0.5) is 0 Å². The van der Waals surface area contributed by atoms with Crippen LogP contribution < -0.4 is 0 Å². The summed E-state index contributed by atoms with van der Waals surface area (Å²) in [5.74, 6) is -0.284. The summed E-state index contributed by atoms with van der Waals surface area (Å²) in [6, 6.07) is 16.6. The third-order valence-electron chi connectivity index (χ3n) is 4.46. The van der Waals surface area contributed by atoms with E-state index in [9.17, 15) is 13.2 Å². The van der Waals surface area contributed by atoms with Crippen molar-refractivity contribution in [2.75, 3.05) is 18.8 Å². The summed E-state index contributed by atoms with van der Waals surface area (Å²) in [6.45, 7) is 1.15. The van der Waals surface area contributed by atoms with Crippen molar-refractivity contribution in [3.8, 4) is 0 Å². The summed E-state index contributed by atoms with van der Waals surface area (Å²) in [4.78, 5) is 14.4. The van der Waals surface area contributed by atoms with Crippen molar-refractivity contribution in [3.05, 3.63) is 70.7 Å². The lowest BCUT2D eigenvalue weighted by Crippen LogP contribution is -2.35. The summed E-state index contributed by atoms with van der Waals surface area (Å²) >= 11 is 3.29. The molecule has 0 atom stereocenters. The standard InChI is InChI=1S/C20H20BrNO3S/c21-18-6-8-19(9-7-18)26(24,25)15-12-20(23)22-13-10-17(11-14-22)16-4-2-1-3-5-16/h1-10H,11-15H2. The molecule has 0 aromatic heterocycles. The van der Waals surface area contributed by atoms with Gasteiger partial charge < -0.3 is 4.90 Å². The van der Waals surface area contributed by atoms with E-state index in [2.05, 4.69) is 34.1 Å². The summed E-state index contributed by atoms with van der Waals surface area (Å²) in [5, 5.41) is 0. The quantitative estimate of drug-likeness (QED) is 0.717. The summed E-state index contributed by atoms with van der Waals surface area (Å²) in [6.07, 6.45) is 2.85. The number of benzene rings is 2. The van der Waals surface area contributed by atoms with Gasteiger partial charge in [-0.25, -0.2) is 8.42 Å². The Morgan fingerprint density at radius 1 is 1.04 bits per heavy atom. The molecule has 0 saturated carbocycles. The molecule has 0 saturated heterocycles. The Morgan fingerprint density at radius 2 is 1.73 bits per heavy atom. The number of hydrogen-bond donors (Lipinski definition) is 0. The highest BCUT2D eigenvalue weighted by molar-refractivity contribution is 9.10. The van der Waals surface area contributed by atoms with Crippen LogP contribution in [0.15, 0.2) is 70.0 Å². The highest BCUT2D eigenvalue weighted by Crippen LogP contribution is 2.23. The van der Waals surface area contributed by atoms with Crippen LogP contribution >= 0.6 is 15.9 Å². The van der Waals surface area contributed by atoms with Gasteiger partial charge >= 0.3 is 0 Å². The number of hydrogen-bond acceptors (Lipinski definition) is 3. The van der Waals surface area contributed by atoms with Crippen molar-refractivity contribution >= 4 is 37.2 Å². The Bertz CT molecular complexity index is 906. The minimum absolute atomic E-state index is 0.00685. The summed E-state index contributed by atoms with van der Waals surface area (Å²) in [7, 11) is -3.45. The minimum atomic E-state index is -3.45. The average molecular weight is 434 g/mol. The zero-order chi connectivity index (χ0) is 18.6. The molecule has 2 aromatic carbocycles. The number of carbonyl (C=O) groups is 1. The van der Waals surface area contributed by atoms with Gasteiger partial charge in [-0.1, -0.05) is 52.3 Å². The van der Waals surface area contributed by atoms with Gasteiger partial charge in [-0.3, -0.25) is 4.79 Å². The van der Waals surface area contributed by atoms with Gasteiger partial charge in [0, 0.05) is 24.0 Å². The molecule has 3 rings (SSSR count). The second-order valence-corrected chi connectivity index (χ2v) is 9.23. The normalized spacial score (nSPS) is 14.8. The molecule has 1 aliphatic heterocycles. The van der Waals surface area contributed by atoms with E-state index in [0.717, 1.165) is 10.9 Å². The lowest BCUT2D eigenvalue weighted by Gasteiger charge is -2.26. The van der Waals surface area contributed by atoms with Crippen molar-refractivity contribution in [2.45, 2.75) is 17.7 Å². The topological polar surface area (TPSA) is 54.5 Å². The van der Waals surface area contributed by atoms with Gasteiger partial charge in [0.15, 0.2) is 9.84 Å². The summed E-state index contributed by atoms with van der Waals surface area (Å²) in [5.41, 5.74) is 2.41. The van der Waals surface area contributed by atoms with Crippen LogP contribution in [0.5, 0.6) is 0 Å². The van der Waals surface area contributed by atoms with E-state index in [1.54, 1.807) is 29.2 Å². The molecule has 1 heterocycles. The molecular formula is C20H20BrNO3S. The molecule has 0 spiro atoms. The number of amides is 1. The zero-order valence-corrected chi connectivity index (χ0v) is 16.7. The predicted molar refractivity (Wildman–Crippen MR) is 106 cm³/mol. The van der Waals surface area contributed by atoms with Crippen LogP contribution in [-0.4, -0.2) is 38.1 Å². The Morgan fingerprint density at radius 3 is 2.35 bits per heavy atom. The lowest BCUT2D eigenvalue weighted by atomic mass is 9.99. The van der Waals surface area contributed by atoms with Crippen LogP contribution in [0.3, 0.4) is 0 Å². The maximum absolute atomic E-state index is 12.4. The number of sulfone groups is 1. The zero-order valence-electron chi connectivity index (χ0n) is 14.3. The Hall–Kier alpha value is -1.92. The average Bonchev–Trinajstić information content (AvgIpc) is 2.67. The van der Waals surface area contributed by atoms with Crippen LogP contribution in [0, 0.1) is 0 Å². The first-order chi connectivity index (χ1) is 12.5. The molecule has 0 unspecified atom stereocenters. The van der Waals surface area contributed by atoms with Crippen molar-refractivity contribution in [1.29, 1.82) is 0 Å². The fourth-order valence-electron chi connectivity index (χ4n) is 2.95. The van der Waals surface area contributed by atoms with E-state index < -0.39 is 9.84 Å². The second-order valence-electron chi connectivity index (χ2n) is 6.21. The minimum Gasteiger partial charge on any atom is -0.339 e. The van der Waals surface area contributed by atoms with Gasteiger partial charge in [-0.15, -0.1) is 0 Å². The number of halogens is 1. The van der Waals surface area contributed by atoms with Crippen LogP contribution in [0.25, 0.3) is 5.57 Å². The van der Waals surface area contributed by atoms with Crippen molar-refractivity contribution in [3.63, 3.8) is 0 Å². The molecule has 2 aromatic rings. The van der Waals surface area contributed by atoms with Crippen LogP contribution in [-0.2, 0) is 14.6 Å². The van der Waals surface area contributed by atoms with Gasteiger partial charge in [0.05, 0.1) is 10.6 Å². The predicted octanol–water partition coefficient (Wildman–Crippen LogP) is 3.93.